The van der Waals surface area contributed by atoms with Crippen molar-refractivity contribution in [3.05, 3.63) is 29.8 Å². The fourth-order valence-electron chi connectivity index (χ4n) is 7.66. The minimum absolute atomic E-state index is 0.00812. The molecule has 4 saturated carbocycles. The lowest BCUT2D eigenvalue weighted by atomic mass is 9.47. The second-order valence-corrected chi connectivity index (χ2v) is 12.2. The summed E-state index contributed by atoms with van der Waals surface area (Å²) in [7, 11) is 1.63. The predicted molar refractivity (Wildman–Crippen MR) is 133 cm³/mol. The number of piperidine rings is 1. The van der Waals surface area contributed by atoms with Gasteiger partial charge in [0.15, 0.2) is 0 Å². The zero-order chi connectivity index (χ0) is 25.7. The van der Waals surface area contributed by atoms with Gasteiger partial charge in [-0.1, -0.05) is 18.2 Å². The van der Waals surface area contributed by atoms with E-state index in [2.05, 4.69) is 10.6 Å². The predicted octanol–water partition coefficient (Wildman–Crippen LogP) is 4.13. The minimum atomic E-state index is -2.75. The van der Waals surface area contributed by atoms with E-state index in [-0.39, 0.29) is 48.1 Å². The first-order chi connectivity index (χ1) is 17.0. The van der Waals surface area contributed by atoms with Gasteiger partial charge < -0.3 is 15.4 Å². The van der Waals surface area contributed by atoms with Crippen LogP contribution < -0.4 is 15.4 Å². The average Bonchev–Trinajstić information content (AvgIpc) is 2.83. The average molecular weight is 504 g/mol. The fourth-order valence-corrected chi connectivity index (χ4v) is 7.66. The highest BCUT2D eigenvalue weighted by molar-refractivity contribution is 5.86. The minimum Gasteiger partial charge on any atom is -0.496 e. The third-order valence-electron chi connectivity index (χ3n) is 9.42. The van der Waals surface area contributed by atoms with Crippen LogP contribution in [0.3, 0.4) is 0 Å². The van der Waals surface area contributed by atoms with Crippen molar-refractivity contribution in [1.29, 1.82) is 0 Å². The van der Waals surface area contributed by atoms with Crippen molar-refractivity contribution >= 4 is 11.8 Å². The van der Waals surface area contributed by atoms with Crippen molar-refractivity contribution in [3.8, 4) is 5.75 Å². The van der Waals surface area contributed by atoms with Gasteiger partial charge in [0, 0.05) is 24.6 Å². The van der Waals surface area contributed by atoms with Crippen LogP contribution in [0.5, 0.6) is 5.75 Å². The van der Waals surface area contributed by atoms with Gasteiger partial charge in [0.25, 0.3) is 5.92 Å². The van der Waals surface area contributed by atoms with Crippen molar-refractivity contribution in [2.24, 2.45) is 23.2 Å². The molecular weight excluding hydrogens is 464 g/mol. The van der Waals surface area contributed by atoms with Crippen molar-refractivity contribution < 1.29 is 23.1 Å². The van der Waals surface area contributed by atoms with Gasteiger partial charge >= 0.3 is 0 Å². The number of hydrogen-bond acceptors (Lipinski definition) is 4. The third kappa shape index (κ3) is 4.61. The Balaban J connectivity index is 1.24. The Labute approximate surface area is 212 Å². The summed E-state index contributed by atoms with van der Waals surface area (Å²) in [5.41, 5.74) is -0.430. The van der Waals surface area contributed by atoms with Gasteiger partial charge in [0.05, 0.1) is 24.6 Å². The number of benzene rings is 1. The number of nitrogens with one attached hydrogen (secondary N) is 2. The number of rotatable bonds is 7. The molecule has 0 radical (unpaired) electrons. The first-order valence-corrected chi connectivity index (χ1v) is 13.4. The quantitative estimate of drug-likeness (QED) is 0.587. The summed E-state index contributed by atoms with van der Waals surface area (Å²) in [6.07, 6.45) is 4.77. The molecule has 2 unspecified atom stereocenters. The number of alkyl halides is 2. The standard InChI is InChI=1S/C28H39F2N3O3/c1-26(2,33-10-6-9-28(29,30)17-33)24(34)32-23-20-11-18-12-21(23)15-27(13-18,14-20)25(35)31-16-19-7-4-5-8-22(19)36-3/h4-5,7-8,18,20-21,23H,6,9-17H2,1-3H3,(H,31,35)(H,32,34). The van der Waals surface area contributed by atoms with E-state index in [4.69, 9.17) is 4.74 Å². The highest BCUT2D eigenvalue weighted by atomic mass is 19.3. The topological polar surface area (TPSA) is 70.7 Å². The number of carbonyl (C=O) groups excluding carboxylic acids is 2. The molecule has 5 fully saturated rings. The molecule has 0 spiro atoms. The van der Waals surface area contributed by atoms with Crippen LogP contribution in [0.2, 0.25) is 0 Å². The molecule has 36 heavy (non-hydrogen) atoms. The molecule has 2 N–H and O–H groups in total. The maximum Gasteiger partial charge on any atom is 0.260 e. The van der Waals surface area contributed by atoms with Crippen molar-refractivity contribution in [2.75, 3.05) is 20.2 Å². The van der Waals surface area contributed by atoms with Gasteiger partial charge in [0.1, 0.15) is 5.75 Å². The number of likely N-dealkylation sites (tertiary alicyclic amines) is 1. The van der Waals surface area contributed by atoms with Crippen LogP contribution in [-0.4, -0.2) is 54.4 Å². The summed E-state index contributed by atoms with van der Waals surface area (Å²) in [5, 5.41) is 6.46. The maximum atomic E-state index is 14.1. The maximum absolute atomic E-state index is 14.1. The number of para-hydroxylation sites is 1. The normalized spacial score (nSPS) is 33.2. The highest BCUT2D eigenvalue weighted by Gasteiger charge is 2.59. The lowest BCUT2D eigenvalue weighted by Gasteiger charge is -2.59. The summed E-state index contributed by atoms with van der Waals surface area (Å²) in [6.45, 7) is 4.08. The Kier molecular flexibility index (Phi) is 6.54. The third-order valence-corrected chi connectivity index (χ3v) is 9.42. The molecular formula is C28H39F2N3O3. The highest BCUT2D eigenvalue weighted by Crippen LogP contribution is 2.60. The van der Waals surface area contributed by atoms with Crippen LogP contribution in [0.15, 0.2) is 24.3 Å². The Hall–Kier alpha value is -2.22. The van der Waals surface area contributed by atoms with E-state index >= 15 is 0 Å². The molecule has 198 valence electrons. The van der Waals surface area contributed by atoms with E-state index in [0.29, 0.717) is 25.4 Å². The van der Waals surface area contributed by atoms with E-state index < -0.39 is 11.5 Å². The number of nitrogens with zero attached hydrogens (tertiary/aromatic N) is 1. The summed E-state index contributed by atoms with van der Waals surface area (Å²) in [5.74, 6) is -1.06. The Morgan fingerprint density at radius 2 is 1.83 bits per heavy atom. The van der Waals surface area contributed by atoms with E-state index in [0.717, 1.165) is 43.4 Å². The number of ether oxygens (including phenoxy) is 1. The van der Waals surface area contributed by atoms with Gasteiger partial charge in [-0.15, -0.1) is 0 Å². The number of halogens is 2. The summed E-state index contributed by atoms with van der Waals surface area (Å²) >= 11 is 0. The molecule has 6 nitrogen and oxygen atoms in total. The molecule has 1 aromatic rings. The van der Waals surface area contributed by atoms with Crippen LogP contribution >= 0.6 is 0 Å². The molecule has 8 heteroatoms. The zero-order valence-corrected chi connectivity index (χ0v) is 21.6. The molecule has 1 heterocycles. The van der Waals surface area contributed by atoms with Gasteiger partial charge in [-0.05, 0) is 82.7 Å². The molecule has 2 atom stereocenters. The number of hydrogen-bond donors (Lipinski definition) is 2. The van der Waals surface area contributed by atoms with Gasteiger partial charge in [-0.2, -0.15) is 0 Å². The second-order valence-electron chi connectivity index (χ2n) is 12.2. The Morgan fingerprint density at radius 1 is 1.14 bits per heavy atom. The summed E-state index contributed by atoms with van der Waals surface area (Å²) in [6, 6.07) is 7.72. The van der Waals surface area contributed by atoms with Crippen LogP contribution in [0.25, 0.3) is 0 Å². The molecule has 0 aromatic heterocycles. The zero-order valence-electron chi connectivity index (χ0n) is 21.6. The first-order valence-electron chi connectivity index (χ1n) is 13.4. The number of methoxy groups -OCH3 is 1. The molecule has 1 saturated heterocycles. The van der Waals surface area contributed by atoms with Crippen LogP contribution in [-0.2, 0) is 16.1 Å². The van der Waals surface area contributed by atoms with E-state index in [1.165, 1.54) is 0 Å². The molecule has 4 aliphatic carbocycles. The van der Waals surface area contributed by atoms with Crippen molar-refractivity contribution in [3.63, 3.8) is 0 Å². The number of amides is 2. The van der Waals surface area contributed by atoms with Gasteiger partial charge in [-0.25, -0.2) is 8.78 Å². The molecule has 6 rings (SSSR count). The second kappa shape index (κ2) is 9.26. The summed E-state index contributed by atoms with van der Waals surface area (Å²) in [4.78, 5) is 28.6. The summed E-state index contributed by atoms with van der Waals surface area (Å²) < 4.78 is 33.5. The largest absolute Gasteiger partial charge is 0.496 e. The van der Waals surface area contributed by atoms with Crippen molar-refractivity contribution in [1.82, 2.24) is 15.5 Å². The Morgan fingerprint density at radius 3 is 2.50 bits per heavy atom. The fraction of sp³-hybridized carbons (Fsp3) is 0.714. The van der Waals surface area contributed by atoms with Crippen molar-refractivity contribution in [2.45, 2.75) is 82.8 Å². The lowest BCUT2D eigenvalue weighted by molar-refractivity contribution is -0.153. The van der Waals surface area contributed by atoms with Crippen LogP contribution in [0.4, 0.5) is 8.78 Å². The van der Waals surface area contributed by atoms with Gasteiger partial charge in [-0.3, -0.25) is 14.5 Å². The molecule has 1 aromatic carbocycles. The Bertz CT molecular complexity index is 998. The SMILES string of the molecule is COc1ccccc1CNC(=O)C12CC3CC(C1)C(NC(=O)C(C)(C)N1CCCC(F)(F)C1)C(C3)C2. The van der Waals surface area contributed by atoms with E-state index in [9.17, 15) is 18.4 Å². The molecule has 5 aliphatic rings. The number of carbonyl (C=O) groups is 2. The lowest BCUT2D eigenvalue weighted by Crippen LogP contribution is -2.66. The van der Waals surface area contributed by atoms with E-state index in [1.54, 1.807) is 25.9 Å². The van der Waals surface area contributed by atoms with E-state index in [1.807, 2.05) is 24.3 Å². The van der Waals surface area contributed by atoms with Crippen LogP contribution in [0.1, 0.15) is 64.4 Å². The monoisotopic (exact) mass is 503 g/mol. The molecule has 4 bridgehead atoms. The molecule has 1 aliphatic heterocycles. The van der Waals surface area contributed by atoms with Crippen LogP contribution in [0, 0.1) is 23.2 Å². The first kappa shape index (κ1) is 25.4. The smallest absolute Gasteiger partial charge is 0.260 e. The van der Waals surface area contributed by atoms with Gasteiger partial charge in [0.2, 0.25) is 11.8 Å². The molecule has 2 amide bonds.